The first kappa shape index (κ1) is 16.6. The Labute approximate surface area is 121 Å². The van der Waals surface area contributed by atoms with Crippen LogP contribution in [0.3, 0.4) is 0 Å². The molecule has 1 unspecified atom stereocenters. The molecule has 1 heterocycles. The van der Waals surface area contributed by atoms with Crippen LogP contribution >= 0.6 is 0 Å². The molecule has 116 valence electrons. The molecule has 0 radical (unpaired) electrons. The number of rotatable bonds is 6. The zero-order valence-corrected chi connectivity index (χ0v) is 12.4. The van der Waals surface area contributed by atoms with Crippen LogP contribution in [-0.2, 0) is 20.9 Å². The second-order valence-corrected chi connectivity index (χ2v) is 4.48. The van der Waals surface area contributed by atoms with Gasteiger partial charge in [0.25, 0.3) is 0 Å². The second-order valence-electron chi connectivity index (χ2n) is 4.48. The number of nitrogens with zero attached hydrogens (tertiary/aromatic N) is 3. The molecule has 0 aliphatic rings. The number of carbonyl (C=O) groups excluding carboxylic acids is 2. The molecule has 1 amide bonds. The van der Waals surface area contributed by atoms with E-state index in [2.05, 4.69) is 10.4 Å². The summed E-state index contributed by atoms with van der Waals surface area (Å²) >= 11 is 0. The van der Waals surface area contributed by atoms with Crippen molar-refractivity contribution in [1.29, 1.82) is 0 Å². The maximum atomic E-state index is 11.8. The van der Waals surface area contributed by atoms with Crippen molar-refractivity contribution in [2.75, 3.05) is 6.61 Å². The van der Waals surface area contributed by atoms with Crippen LogP contribution in [0.15, 0.2) is 0 Å². The van der Waals surface area contributed by atoms with Gasteiger partial charge in [0.1, 0.15) is 24.0 Å². The monoisotopic (exact) mass is 298 g/mol. The van der Waals surface area contributed by atoms with Crippen LogP contribution in [0.1, 0.15) is 25.2 Å². The third-order valence-electron chi connectivity index (χ3n) is 2.84. The summed E-state index contributed by atoms with van der Waals surface area (Å²) in [4.78, 5) is 33.6. The van der Waals surface area contributed by atoms with E-state index in [9.17, 15) is 19.7 Å². The average molecular weight is 298 g/mol. The molecule has 1 rings (SSSR count). The van der Waals surface area contributed by atoms with Gasteiger partial charge < -0.3 is 10.1 Å². The third-order valence-corrected chi connectivity index (χ3v) is 2.84. The summed E-state index contributed by atoms with van der Waals surface area (Å²) in [5.74, 6) is -1.01. The van der Waals surface area contributed by atoms with Gasteiger partial charge in [-0.25, -0.2) is 4.79 Å². The number of amides is 1. The van der Waals surface area contributed by atoms with Crippen LogP contribution in [0, 0.1) is 24.0 Å². The molecule has 9 heteroatoms. The Hall–Kier alpha value is -2.45. The van der Waals surface area contributed by atoms with Crippen molar-refractivity contribution in [3.8, 4) is 0 Å². The molecule has 0 saturated heterocycles. The molecule has 1 aromatic rings. The van der Waals surface area contributed by atoms with E-state index < -0.39 is 22.8 Å². The van der Waals surface area contributed by atoms with Gasteiger partial charge in [0.05, 0.1) is 11.5 Å². The number of ether oxygens (including phenoxy) is 1. The molecule has 1 N–H and O–H groups in total. The molecular weight excluding hydrogens is 280 g/mol. The number of aryl methyl sites for hydroxylation is 1. The Morgan fingerprint density at radius 1 is 1.48 bits per heavy atom. The van der Waals surface area contributed by atoms with E-state index in [4.69, 9.17) is 4.74 Å². The highest BCUT2D eigenvalue weighted by molar-refractivity contribution is 5.84. The van der Waals surface area contributed by atoms with Gasteiger partial charge in [-0.2, -0.15) is 5.10 Å². The number of nitrogens with one attached hydrogen (secondary N) is 1. The summed E-state index contributed by atoms with van der Waals surface area (Å²) in [5, 5.41) is 17.3. The third kappa shape index (κ3) is 4.01. The van der Waals surface area contributed by atoms with Gasteiger partial charge in [0.2, 0.25) is 5.91 Å². The van der Waals surface area contributed by atoms with Crippen molar-refractivity contribution >= 4 is 17.6 Å². The highest BCUT2D eigenvalue weighted by Crippen LogP contribution is 2.21. The molecular formula is C12H18N4O5. The lowest BCUT2D eigenvalue weighted by Gasteiger charge is -2.12. The van der Waals surface area contributed by atoms with Crippen LogP contribution in [0.4, 0.5) is 5.69 Å². The predicted octanol–water partition coefficient (Wildman–Crippen LogP) is 0.476. The molecule has 21 heavy (non-hydrogen) atoms. The number of hydrogen-bond acceptors (Lipinski definition) is 6. The average Bonchev–Trinajstić information content (AvgIpc) is 2.64. The molecule has 0 aliphatic heterocycles. The molecule has 0 bridgehead atoms. The van der Waals surface area contributed by atoms with Crippen LogP contribution in [0.25, 0.3) is 0 Å². The van der Waals surface area contributed by atoms with Gasteiger partial charge in [-0.1, -0.05) is 0 Å². The topological polar surface area (TPSA) is 116 Å². The van der Waals surface area contributed by atoms with Gasteiger partial charge >= 0.3 is 11.7 Å². The first-order valence-corrected chi connectivity index (χ1v) is 6.42. The van der Waals surface area contributed by atoms with Crippen molar-refractivity contribution in [3.63, 3.8) is 0 Å². The summed E-state index contributed by atoms with van der Waals surface area (Å²) in [6.07, 6.45) is 0. The van der Waals surface area contributed by atoms with Crippen molar-refractivity contribution in [3.05, 3.63) is 21.5 Å². The molecule has 0 spiro atoms. The van der Waals surface area contributed by atoms with Crippen LogP contribution in [0.5, 0.6) is 0 Å². The number of aromatic nitrogens is 2. The van der Waals surface area contributed by atoms with E-state index in [-0.39, 0.29) is 30.2 Å². The SMILES string of the molecule is CCOC(=O)C(C)NC(=O)Cn1nc(C)c([N+](=O)[O-])c1C. The lowest BCUT2D eigenvalue weighted by atomic mass is 10.3. The molecule has 0 fully saturated rings. The Morgan fingerprint density at radius 2 is 2.10 bits per heavy atom. The standard InChI is InChI=1S/C12H18N4O5/c1-5-21-12(18)8(3)13-10(17)6-15-9(4)11(16(19)20)7(2)14-15/h8H,5-6H2,1-4H3,(H,13,17). The number of carbonyl (C=O) groups is 2. The highest BCUT2D eigenvalue weighted by Gasteiger charge is 2.23. The van der Waals surface area contributed by atoms with E-state index in [1.165, 1.54) is 25.5 Å². The lowest BCUT2D eigenvalue weighted by Crippen LogP contribution is -2.41. The van der Waals surface area contributed by atoms with E-state index in [0.29, 0.717) is 0 Å². The van der Waals surface area contributed by atoms with Gasteiger partial charge in [0.15, 0.2) is 0 Å². The summed E-state index contributed by atoms with van der Waals surface area (Å²) in [6, 6.07) is -0.788. The number of hydrogen-bond donors (Lipinski definition) is 1. The van der Waals surface area contributed by atoms with E-state index in [1.54, 1.807) is 6.92 Å². The minimum absolute atomic E-state index is 0.110. The Balaban J connectivity index is 2.74. The summed E-state index contributed by atoms with van der Waals surface area (Å²) < 4.78 is 6.00. The normalized spacial score (nSPS) is 11.8. The van der Waals surface area contributed by atoms with Crippen LogP contribution < -0.4 is 5.32 Å². The zero-order chi connectivity index (χ0) is 16.2. The summed E-state index contributed by atoms with van der Waals surface area (Å²) in [5.41, 5.74) is 0.418. The highest BCUT2D eigenvalue weighted by atomic mass is 16.6. The number of esters is 1. The smallest absolute Gasteiger partial charge is 0.328 e. The number of nitro groups is 1. The molecule has 0 saturated carbocycles. The van der Waals surface area contributed by atoms with Crippen molar-refractivity contribution in [2.45, 2.75) is 40.3 Å². The van der Waals surface area contributed by atoms with Crippen molar-refractivity contribution < 1.29 is 19.2 Å². The van der Waals surface area contributed by atoms with Gasteiger partial charge in [0, 0.05) is 0 Å². The largest absolute Gasteiger partial charge is 0.464 e. The minimum Gasteiger partial charge on any atom is -0.464 e. The molecule has 0 aromatic carbocycles. The predicted molar refractivity (Wildman–Crippen MR) is 72.6 cm³/mol. The summed E-state index contributed by atoms with van der Waals surface area (Å²) in [7, 11) is 0. The first-order valence-electron chi connectivity index (χ1n) is 6.42. The van der Waals surface area contributed by atoms with Gasteiger partial charge in [-0.15, -0.1) is 0 Å². The van der Waals surface area contributed by atoms with E-state index >= 15 is 0 Å². The van der Waals surface area contributed by atoms with Crippen LogP contribution in [0.2, 0.25) is 0 Å². The molecule has 9 nitrogen and oxygen atoms in total. The fourth-order valence-electron chi connectivity index (χ4n) is 1.85. The second kappa shape index (κ2) is 6.82. The molecule has 1 aromatic heterocycles. The molecule has 0 aliphatic carbocycles. The fraction of sp³-hybridized carbons (Fsp3) is 0.583. The van der Waals surface area contributed by atoms with Gasteiger partial charge in [-0.3, -0.25) is 19.6 Å². The van der Waals surface area contributed by atoms with Crippen LogP contribution in [-0.4, -0.2) is 39.2 Å². The Bertz CT molecular complexity index is 566. The van der Waals surface area contributed by atoms with E-state index in [0.717, 1.165) is 0 Å². The van der Waals surface area contributed by atoms with Crippen molar-refractivity contribution in [2.24, 2.45) is 0 Å². The van der Waals surface area contributed by atoms with Crippen molar-refractivity contribution in [1.82, 2.24) is 15.1 Å². The van der Waals surface area contributed by atoms with Gasteiger partial charge in [-0.05, 0) is 27.7 Å². The quantitative estimate of drug-likeness (QED) is 0.463. The maximum absolute atomic E-state index is 11.8. The first-order chi connectivity index (χ1) is 9.77. The maximum Gasteiger partial charge on any atom is 0.328 e. The Kier molecular flexibility index (Phi) is 5.39. The Morgan fingerprint density at radius 3 is 2.57 bits per heavy atom. The summed E-state index contributed by atoms with van der Waals surface area (Å²) in [6.45, 7) is 6.20. The fourth-order valence-corrected chi connectivity index (χ4v) is 1.85. The minimum atomic E-state index is -0.788. The molecule has 1 atom stereocenters. The van der Waals surface area contributed by atoms with E-state index in [1.807, 2.05) is 0 Å². The zero-order valence-electron chi connectivity index (χ0n) is 12.4. The lowest BCUT2D eigenvalue weighted by molar-refractivity contribution is -0.386.